The van der Waals surface area contributed by atoms with Crippen molar-refractivity contribution in [2.45, 2.75) is 6.54 Å². The monoisotopic (exact) mass is 256 g/mol. The number of phenolic OH excluding ortho intramolecular Hbond substituents is 2. The first kappa shape index (κ1) is 11.4. The number of H-pyrrole nitrogens is 1. The van der Waals surface area contributed by atoms with Crippen molar-refractivity contribution in [1.29, 1.82) is 0 Å². The summed E-state index contributed by atoms with van der Waals surface area (Å²) >= 11 is 0. The van der Waals surface area contributed by atoms with E-state index >= 15 is 0 Å². The van der Waals surface area contributed by atoms with Crippen molar-refractivity contribution in [2.75, 3.05) is 0 Å². The minimum Gasteiger partial charge on any atom is -0.508 e. The number of fused-ring (bicyclic) bond motifs is 1. The number of benzene rings is 2. The summed E-state index contributed by atoms with van der Waals surface area (Å²) in [7, 11) is 0. The van der Waals surface area contributed by atoms with Crippen LogP contribution < -0.4 is 5.69 Å². The number of imidazole rings is 1. The van der Waals surface area contributed by atoms with Gasteiger partial charge in [0.25, 0.3) is 0 Å². The zero-order chi connectivity index (χ0) is 13.4. The molecule has 0 amide bonds. The maximum atomic E-state index is 11.9. The summed E-state index contributed by atoms with van der Waals surface area (Å²) < 4.78 is 1.48. The molecule has 0 aliphatic carbocycles. The lowest BCUT2D eigenvalue weighted by molar-refractivity contribution is 0.466. The van der Waals surface area contributed by atoms with E-state index in [9.17, 15) is 15.0 Å². The van der Waals surface area contributed by atoms with Crippen LogP contribution in [-0.4, -0.2) is 19.8 Å². The first-order valence-electron chi connectivity index (χ1n) is 5.83. The van der Waals surface area contributed by atoms with Crippen molar-refractivity contribution < 1.29 is 10.2 Å². The first-order valence-corrected chi connectivity index (χ1v) is 5.83. The van der Waals surface area contributed by atoms with Crippen molar-refractivity contribution in [2.24, 2.45) is 0 Å². The van der Waals surface area contributed by atoms with Gasteiger partial charge in [0.15, 0.2) is 0 Å². The molecule has 0 saturated heterocycles. The SMILES string of the molecule is O=c1[nH]c2ccc(O)cc2n1Cc1ccccc1O. The van der Waals surface area contributed by atoms with Crippen LogP contribution >= 0.6 is 0 Å². The second-order valence-electron chi connectivity index (χ2n) is 4.35. The van der Waals surface area contributed by atoms with Crippen LogP contribution in [-0.2, 0) is 6.54 Å². The highest BCUT2D eigenvalue weighted by molar-refractivity contribution is 5.77. The van der Waals surface area contributed by atoms with Crippen LogP contribution in [0.25, 0.3) is 11.0 Å². The predicted molar refractivity (Wildman–Crippen MR) is 71.4 cm³/mol. The molecule has 2 aromatic carbocycles. The van der Waals surface area contributed by atoms with Gasteiger partial charge in [-0.25, -0.2) is 4.79 Å². The zero-order valence-corrected chi connectivity index (χ0v) is 10.00. The topological polar surface area (TPSA) is 78.2 Å². The van der Waals surface area contributed by atoms with Crippen molar-refractivity contribution in [3.63, 3.8) is 0 Å². The summed E-state index contributed by atoms with van der Waals surface area (Å²) in [5, 5.41) is 19.3. The third-order valence-corrected chi connectivity index (χ3v) is 3.08. The molecule has 3 N–H and O–H groups in total. The normalized spacial score (nSPS) is 10.9. The van der Waals surface area contributed by atoms with E-state index in [1.807, 2.05) is 0 Å². The van der Waals surface area contributed by atoms with E-state index in [1.54, 1.807) is 30.3 Å². The molecule has 0 atom stereocenters. The fourth-order valence-electron chi connectivity index (χ4n) is 2.11. The molecule has 3 rings (SSSR count). The van der Waals surface area contributed by atoms with Crippen molar-refractivity contribution in [3.05, 3.63) is 58.5 Å². The highest BCUT2D eigenvalue weighted by atomic mass is 16.3. The first-order chi connectivity index (χ1) is 9.15. The minimum absolute atomic E-state index is 0.0949. The lowest BCUT2D eigenvalue weighted by atomic mass is 10.2. The molecule has 0 radical (unpaired) electrons. The Morgan fingerprint density at radius 1 is 1.11 bits per heavy atom. The van der Waals surface area contributed by atoms with Gasteiger partial charge >= 0.3 is 5.69 Å². The van der Waals surface area contributed by atoms with Gasteiger partial charge in [-0.05, 0) is 18.2 Å². The number of phenols is 2. The molecule has 1 heterocycles. The quantitative estimate of drug-likeness (QED) is 0.654. The van der Waals surface area contributed by atoms with Gasteiger partial charge in [0.2, 0.25) is 0 Å². The molecule has 0 aliphatic rings. The van der Waals surface area contributed by atoms with Gasteiger partial charge in [-0.2, -0.15) is 0 Å². The summed E-state index contributed by atoms with van der Waals surface area (Å²) in [6, 6.07) is 11.5. The second kappa shape index (κ2) is 4.20. The molecular weight excluding hydrogens is 244 g/mol. The Morgan fingerprint density at radius 3 is 2.68 bits per heavy atom. The van der Waals surface area contributed by atoms with Crippen molar-refractivity contribution in [3.8, 4) is 11.5 Å². The maximum absolute atomic E-state index is 11.9. The molecule has 5 heteroatoms. The highest BCUT2D eigenvalue weighted by Gasteiger charge is 2.09. The Kier molecular flexibility index (Phi) is 2.52. The molecule has 19 heavy (non-hydrogen) atoms. The second-order valence-corrected chi connectivity index (χ2v) is 4.35. The molecule has 1 aromatic heterocycles. The maximum Gasteiger partial charge on any atom is 0.326 e. The van der Waals surface area contributed by atoms with Gasteiger partial charge in [-0.3, -0.25) is 4.57 Å². The molecule has 0 spiro atoms. The van der Waals surface area contributed by atoms with Crippen LogP contribution in [0.2, 0.25) is 0 Å². The number of hydrogen-bond acceptors (Lipinski definition) is 3. The number of aromatic hydroxyl groups is 2. The summed E-state index contributed by atoms with van der Waals surface area (Å²) in [5.41, 5.74) is 1.63. The summed E-state index contributed by atoms with van der Waals surface area (Å²) in [4.78, 5) is 14.6. The molecule has 96 valence electrons. The Labute approximate surface area is 108 Å². The van der Waals surface area contributed by atoms with E-state index in [0.29, 0.717) is 16.6 Å². The highest BCUT2D eigenvalue weighted by Crippen LogP contribution is 2.21. The van der Waals surface area contributed by atoms with Crippen LogP contribution in [0.4, 0.5) is 0 Å². The molecule has 0 bridgehead atoms. The van der Waals surface area contributed by atoms with Gasteiger partial charge < -0.3 is 15.2 Å². The number of hydrogen-bond donors (Lipinski definition) is 3. The number of para-hydroxylation sites is 1. The smallest absolute Gasteiger partial charge is 0.326 e. The Balaban J connectivity index is 2.15. The molecular formula is C14H12N2O3. The zero-order valence-electron chi connectivity index (χ0n) is 10.00. The van der Waals surface area contributed by atoms with E-state index in [0.717, 1.165) is 0 Å². The predicted octanol–water partition coefficient (Wildman–Crippen LogP) is 1.79. The lowest BCUT2D eigenvalue weighted by Crippen LogP contribution is -2.17. The van der Waals surface area contributed by atoms with E-state index in [2.05, 4.69) is 4.98 Å². The van der Waals surface area contributed by atoms with Gasteiger partial charge in [0.05, 0.1) is 17.6 Å². The van der Waals surface area contributed by atoms with Crippen LogP contribution in [0.15, 0.2) is 47.3 Å². The van der Waals surface area contributed by atoms with E-state index in [-0.39, 0.29) is 23.7 Å². The molecule has 5 nitrogen and oxygen atoms in total. The Hall–Kier alpha value is -2.69. The van der Waals surface area contributed by atoms with Crippen LogP contribution in [0.1, 0.15) is 5.56 Å². The van der Waals surface area contributed by atoms with Gasteiger partial charge in [0, 0.05) is 11.6 Å². The number of aromatic nitrogens is 2. The third-order valence-electron chi connectivity index (χ3n) is 3.08. The molecule has 0 fully saturated rings. The minimum atomic E-state index is -0.274. The number of rotatable bonds is 2. The molecule has 0 unspecified atom stereocenters. The molecule has 3 aromatic rings. The number of nitrogens with one attached hydrogen (secondary N) is 1. The van der Waals surface area contributed by atoms with Crippen LogP contribution in [0, 0.1) is 0 Å². The lowest BCUT2D eigenvalue weighted by Gasteiger charge is -2.06. The number of nitrogens with zero attached hydrogens (tertiary/aromatic N) is 1. The largest absolute Gasteiger partial charge is 0.508 e. The average Bonchev–Trinajstić information content (AvgIpc) is 2.69. The van der Waals surface area contributed by atoms with E-state index in [1.165, 1.54) is 16.7 Å². The molecule has 0 saturated carbocycles. The fourth-order valence-corrected chi connectivity index (χ4v) is 2.11. The summed E-state index contributed by atoms with van der Waals surface area (Å²) in [6.07, 6.45) is 0. The summed E-state index contributed by atoms with van der Waals surface area (Å²) in [5.74, 6) is 0.237. The van der Waals surface area contributed by atoms with E-state index < -0.39 is 0 Å². The Morgan fingerprint density at radius 2 is 1.89 bits per heavy atom. The Bertz CT molecular complexity index is 802. The summed E-state index contributed by atoms with van der Waals surface area (Å²) in [6.45, 7) is 0.245. The van der Waals surface area contributed by atoms with Gasteiger partial charge in [0.1, 0.15) is 11.5 Å². The van der Waals surface area contributed by atoms with Gasteiger partial charge in [-0.1, -0.05) is 18.2 Å². The molecule has 0 aliphatic heterocycles. The number of aromatic amines is 1. The van der Waals surface area contributed by atoms with Crippen molar-refractivity contribution >= 4 is 11.0 Å². The van der Waals surface area contributed by atoms with Crippen LogP contribution in [0.5, 0.6) is 11.5 Å². The van der Waals surface area contributed by atoms with E-state index in [4.69, 9.17) is 0 Å². The third kappa shape index (κ3) is 1.95. The average molecular weight is 256 g/mol. The van der Waals surface area contributed by atoms with Gasteiger partial charge in [-0.15, -0.1) is 0 Å². The fraction of sp³-hybridized carbons (Fsp3) is 0.0714. The van der Waals surface area contributed by atoms with Crippen LogP contribution in [0.3, 0.4) is 0 Å². The standard InChI is InChI=1S/C14H12N2O3/c17-10-5-6-11-12(7-10)16(14(19)15-11)8-9-3-1-2-4-13(9)18/h1-7,17-18H,8H2,(H,15,19). The van der Waals surface area contributed by atoms with Crippen molar-refractivity contribution in [1.82, 2.24) is 9.55 Å².